The van der Waals surface area contributed by atoms with Crippen LogP contribution in [-0.2, 0) is 19.7 Å². The Bertz CT molecular complexity index is 1010. The third kappa shape index (κ3) is 5.65. The molecule has 0 aromatic carbocycles. The van der Waals surface area contributed by atoms with Crippen molar-refractivity contribution >= 4 is 21.9 Å². The smallest absolute Gasteiger partial charge is 0.266 e. The number of aliphatic hydroxyl groups excluding tert-OH is 2. The Kier molecular flexibility index (Phi) is 8.59. The van der Waals surface area contributed by atoms with E-state index in [4.69, 9.17) is 10.3 Å². The Labute approximate surface area is 227 Å². The van der Waals surface area contributed by atoms with Crippen LogP contribution in [0.15, 0.2) is 0 Å². The van der Waals surface area contributed by atoms with Crippen LogP contribution in [0.1, 0.15) is 85.0 Å². The molecule has 10 atom stereocenters. The molecule has 38 heavy (non-hydrogen) atoms. The molecule has 0 aromatic rings. The van der Waals surface area contributed by atoms with Crippen LogP contribution in [0.2, 0.25) is 0 Å². The predicted octanol–water partition coefficient (Wildman–Crippen LogP) is 2.60. The Morgan fingerprint density at radius 2 is 1.76 bits per heavy atom. The molecular weight excluding hydrogens is 508 g/mol. The molecule has 0 bridgehead atoms. The number of primary amides is 1. The number of fused-ring (bicyclic) bond motifs is 5. The van der Waals surface area contributed by atoms with Crippen LogP contribution in [0.5, 0.6) is 0 Å². The van der Waals surface area contributed by atoms with Crippen LogP contribution in [0.4, 0.5) is 0 Å². The van der Waals surface area contributed by atoms with Crippen LogP contribution in [0.25, 0.3) is 0 Å². The van der Waals surface area contributed by atoms with Gasteiger partial charge < -0.3 is 20.8 Å². The van der Waals surface area contributed by atoms with E-state index in [2.05, 4.69) is 20.8 Å². The molecule has 4 aliphatic rings. The zero-order valence-electron chi connectivity index (χ0n) is 23.2. The zero-order chi connectivity index (χ0) is 28.0. The highest BCUT2D eigenvalue weighted by atomic mass is 32.2. The fourth-order valence-electron chi connectivity index (χ4n) is 9.58. The normalized spacial score (nSPS) is 41.5. The third-order valence-electron chi connectivity index (χ3n) is 11.6. The van der Waals surface area contributed by atoms with Gasteiger partial charge in [-0.15, -0.1) is 0 Å². The number of carbonyl (C=O) groups excluding carboxylic acids is 2. The number of hydrogen-bond acceptors (Lipinski definition) is 6. The molecule has 0 unspecified atom stereocenters. The maximum absolute atomic E-state index is 12.9. The summed E-state index contributed by atoms with van der Waals surface area (Å²) in [5, 5.41) is 22.0. The topological polar surface area (TPSA) is 158 Å². The van der Waals surface area contributed by atoms with Gasteiger partial charge in [0.2, 0.25) is 11.8 Å². The number of amides is 2. The van der Waals surface area contributed by atoms with Gasteiger partial charge in [-0.1, -0.05) is 20.8 Å². The summed E-state index contributed by atoms with van der Waals surface area (Å²) in [5.41, 5.74) is 5.24. The summed E-state index contributed by atoms with van der Waals surface area (Å²) in [7, 11) is -4.27. The summed E-state index contributed by atoms with van der Waals surface area (Å²) >= 11 is 0. The van der Waals surface area contributed by atoms with Gasteiger partial charge in [0.05, 0.1) is 24.5 Å². The third-order valence-corrected chi connectivity index (χ3v) is 12.3. The lowest BCUT2D eigenvalue weighted by Crippen LogP contribution is -2.58. The average molecular weight is 557 g/mol. The summed E-state index contributed by atoms with van der Waals surface area (Å²) in [4.78, 5) is 25.4. The Hall–Kier alpha value is -1.23. The van der Waals surface area contributed by atoms with Crippen molar-refractivity contribution in [1.29, 1.82) is 0 Å². The van der Waals surface area contributed by atoms with Gasteiger partial charge in [0.25, 0.3) is 10.1 Å². The van der Waals surface area contributed by atoms with E-state index in [0.717, 1.165) is 49.8 Å². The molecule has 0 spiro atoms. The van der Waals surface area contributed by atoms with Crippen LogP contribution in [-0.4, -0.2) is 70.9 Å². The molecule has 0 radical (unpaired) electrons. The summed E-state index contributed by atoms with van der Waals surface area (Å²) in [6, 6.07) is 0. The van der Waals surface area contributed by atoms with Crippen molar-refractivity contribution < 1.29 is 32.8 Å². The van der Waals surface area contributed by atoms with E-state index in [-0.39, 0.29) is 54.2 Å². The molecule has 4 rings (SSSR count). The van der Waals surface area contributed by atoms with Crippen LogP contribution >= 0.6 is 0 Å². The van der Waals surface area contributed by atoms with Crippen molar-refractivity contribution in [2.24, 2.45) is 52.1 Å². The largest absolute Gasteiger partial charge is 0.393 e. The minimum atomic E-state index is -4.27. The van der Waals surface area contributed by atoms with Gasteiger partial charge >= 0.3 is 0 Å². The van der Waals surface area contributed by atoms with E-state index in [1.165, 1.54) is 6.42 Å². The van der Waals surface area contributed by atoms with E-state index in [1.807, 2.05) is 0 Å². The first-order valence-electron chi connectivity index (χ1n) is 14.5. The van der Waals surface area contributed by atoms with E-state index in [9.17, 15) is 28.2 Å². The lowest BCUT2D eigenvalue weighted by atomic mass is 9.43. The van der Waals surface area contributed by atoms with E-state index in [1.54, 1.807) is 0 Å². The van der Waals surface area contributed by atoms with Gasteiger partial charge in [-0.3, -0.25) is 14.1 Å². The highest BCUT2D eigenvalue weighted by Gasteiger charge is 2.63. The number of aliphatic hydroxyl groups is 2. The summed E-state index contributed by atoms with van der Waals surface area (Å²) in [6.45, 7) is 6.15. The van der Waals surface area contributed by atoms with Gasteiger partial charge in [0.15, 0.2) is 0 Å². The fourth-order valence-corrected chi connectivity index (χ4v) is 10.0. The summed E-state index contributed by atoms with van der Waals surface area (Å²) in [6.07, 6.45) is 8.17. The molecule has 4 fully saturated rings. The van der Waals surface area contributed by atoms with E-state index < -0.39 is 27.9 Å². The average Bonchev–Trinajstić information content (AvgIpc) is 3.19. The molecule has 4 aliphatic carbocycles. The maximum Gasteiger partial charge on any atom is 0.266 e. The highest BCUT2D eigenvalue weighted by molar-refractivity contribution is 7.85. The fraction of sp³-hybridized carbons (Fsp3) is 0.929. The molecular formula is C28H48N2O7S. The SMILES string of the molecule is C[C@H](CCC(=O)N(CCS(=O)(=O)O)CC(N)=O)[C@H]1CC[C@H]2[C@@H]3CC[C@@H]4C[C@H](O)CC[C@]4(C)[C@H]3C[C@H](O)[C@]12C. The van der Waals surface area contributed by atoms with Crippen molar-refractivity contribution in [3.8, 4) is 0 Å². The van der Waals surface area contributed by atoms with Crippen molar-refractivity contribution in [3.05, 3.63) is 0 Å². The number of nitrogens with two attached hydrogens (primary N) is 1. The minimum absolute atomic E-state index is 0.154. The van der Waals surface area contributed by atoms with Crippen molar-refractivity contribution in [2.45, 2.75) is 97.2 Å². The maximum atomic E-state index is 12.9. The molecule has 2 amide bonds. The first-order valence-corrected chi connectivity index (χ1v) is 16.1. The Morgan fingerprint density at radius 1 is 1.05 bits per heavy atom. The molecule has 0 aliphatic heterocycles. The Balaban J connectivity index is 1.42. The van der Waals surface area contributed by atoms with Crippen LogP contribution in [0.3, 0.4) is 0 Å². The lowest BCUT2D eigenvalue weighted by molar-refractivity contribution is -0.175. The molecule has 0 saturated heterocycles. The summed E-state index contributed by atoms with van der Waals surface area (Å²) < 4.78 is 31.4. The molecule has 10 heteroatoms. The monoisotopic (exact) mass is 556 g/mol. The van der Waals surface area contributed by atoms with Crippen LogP contribution in [0, 0.1) is 46.3 Å². The predicted molar refractivity (Wildman–Crippen MR) is 143 cm³/mol. The van der Waals surface area contributed by atoms with Gasteiger partial charge in [0, 0.05) is 13.0 Å². The van der Waals surface area contributed by atoms with Gasteiger partial charge in [-0.2, -0.15) is 8.42 Å². The van der Waals surface area contributed by atoms with Gasteiger partial charge in [0.1, 0.15) is 0 Å². The molecule has 5 N–H and O–H groups in total. The number of hydrogen-bond donors (Lipinski definition) is 4. The minimum Gasteiger partial charge on any atom is -0.393 e. The van der Waals surface area contributed by atoms with Gasteiger partial charge in [-0.25, -0.2) is 0 Å². The molecule has 218 valence electrons. The summed E-state index contributed by atoms with van der Waals surface area (Å²) in [5.74, 6) is 0.787. The van der Waals surface area contributed by atoms with Crippen molar-refractivity contribution in [3.63, 3.8) is 0 Å². The second-order valence-corrected chi connectivity index (χ2v) is 15.0. The number of carbonyl (C=O) groups is 2. The molecule has 4 saturated carbocycles. The second-order valence-electron chi connectivity index (χ2n) is 13.5. The number of nitrogens with zero attached hydrogens (tertiary/aromatic N) is 1. The Morgan fingerprint density at radius 3 is 2.42 bits per heavy atom. The lowest BCUT2D eigenvalue weighted by Gasteiger charge is -2.62. The van der Waals surface area contributed by atoms with Crippen molar-refractivity contribution in [1.82, 2.24) is 4.90 Å². The molecule has 9 nitrogen and oxygen atoms in total. The molecule has 0 aromatic heterocycles. The first-order chi connectivity index (χ1) is 17.7. The zero-order valence-corrected chi connectivity index (χ0v) is 24.0. The number of rotatable bonds is 9. The van der Waals surface area contributed by atoms with E-state index >= 15 is 0 Å². The van der Waals surface area contributed by atoms with Crippen LogP contribution < -0.4 is 5.73 Å². The first kappa shape index (κ1) is 29.7. The van der Waals surface area contributed by atoms with Gasteiger partial charge in [-0.05, 0) is 104 Å². The van der Waals surface area contributed by atoms with E-state index in [0.29, 0.717) is 30.1 Å². The highest BCUT2D eigenvalue weighted by Crippen LogP contribution is 2.68. The quantitative estimate of drug-likeness (QED) is 0.318. The standard InChI is InChI=1S/C28H48N2O7S/c1-17(4-9-26(34)30(16-25(29)33)12-13-38(35,36)37)21-7-8-22-20-6-5-18-14-19(31)10-11-27(18,2)23(20)15-24(32)28(21,22)3/h17-24,31-32H,4-16H2,1-3H3,(H2,29,33)(H,35,36,37)/t17-,18-,19-,20+,21-,22+,23+,24+,27+,28-/m1/s1. The molecule has 0 heterocycles. The second kappa shape index (κ2) is 11.0. The van der Waals surface area contributed by atoms with Crippen molar-refractivity contribution in [2.75, 3.05) is 18.8 Å².